The van der Waals surface area contributed by atoms with E-state index in [1.165, 1.54) is 7.11 Å². The van der Waals surface area contributed by atoms with Gasteiger partial charge in [-0.2, -0.15) is 0 Å². The molecule has 1 heterocycles. The highest BCUT2D eigenvalue weighted by Crippen LogP contribution is 2.28. The predicted molar refractivity (Wildman–Crippen MR) is 68.3 cm³/mol. The van der Waals surface area contributed by atoms with Crippen LogP contribution < -0.4 is 4.74 Å². The third-order valence-corrected chi connectivity index (χ3v) is 2.76. The van der Waals surface area contributed by atoms with Crippen molar-refractivity contribution in [3.05, 3.63) is 54.0 Å². The summed E-state index contributed by atoms with van der Waals surface area (Å²) in [6, 6.07) is 9.77. The van der Waals surface area contributed by atoms with Crippen LogP contribution in [0, 0.1) is 0 Å². The Kier molecular flexibility index (Phi) is 3.58. The topological polar surface area (TPSA) is 55.2 Å². The molecule has 0 aliphatic rings. The number of aliphatic hydroxyl groups is 1. The zero-order chi connectivity index (χ0) is 13.0. The average molecular weight is 244 g/mol. The van der Waals surface area contributed by atoms with E-state index in [4.69, 9.17) is 4.74 Å². The fourth-order valence-electron chi connectivity index (χ4n) is 1.92. The quantitative estimate of drug-likeness (QED) is 0.893. The molecule has 1 unspecified atom stereocenters. The first-order valence-corrected chi connectivity index (χ1v) is 5.75. The van der Waals surface area contributed by atoms with E-state index >= 15 is 0 Å². The van der Waals surface area contributed by atoms with Gasteiger partial charge >= 0.3 is 0 Å². The van der Waals surface area contributed by atoms with Gasteiger partial charge < -0.3 is 9.84 Å². The van der Waals surface area contributed by atoms with Crippen molar-refractivity contribution in [1.29, 1.82) is 0 Å². The van der Waals surface area contributed by atoms with E-state index in [1.807, 2.05) is 30.3 Å². The minimum absolute atomic E-state index is 0.360. The lowest BCUT2D eigenvalue weighted by atomic mass is 9.93. The third-order valence-electron chi connectivity index (χ3n) is 2.76. The predicted octanol–water partition coefficient (Wildman–Crippen LogP) is 1.94. The molecule has 2 rings (SSSR count). The fourth-order valence-corrected chi connectivity index (χ4v) is 1.92. The lowest BCUT2D eigenvalue weighted by Gasteiger charge is -2.23. The average Bonchev–Trinajstić information content (AvgIpc) is 2.39. The van der Waals surface area contributed by atoms with Gasteiger partial charge in [0.15, 0.2) is 0 Å². The summed E-state index contributed by atoms with van der Waals surface area (Å²) < 4.78 is 5.14. The molecule has 0 bridgehead atoms. The van der Waals surface area contributed by atoms with Crippen molar-refractivity contribution in [3.63, 3.8) is 0 Å². The first-order chi connectivity index (χ1) is 8.63. The van der Waals surface area contributed by atoms with Crippen molar-refractivity contribution in [2.75, 3.05) is 7.11 Å². The van der Waals surface area contributed by atoms with Crippen LogP contribution in [0.3, 0.4) is 0 Å². The van der Waals surface area contributed by atoms with Crippen LogP contribution in [0.4, 0.5) is 0 Å². The molecule has 0 fully saturated rings. The fraction of sp³-hybridized carbons (Fsp3) is 0.286. The Bertz CT molecular complexity index is 512. The van der Waals surface area contributed by atoms with Crippen LogP contribution in [-0.2, 0) is 12.0 Å². The summed E-state index contributed by atoms with van der Waals surface area (Å²) in [6.45, 7) is 1.71. The van der Waals surface area contributed by atoms with Gasteiger partial charge in [0.25, 0.3) is 0 Å². The second-order valence-corrected chi connectivity index (χ2v) is 4.35. The molecule has 1 aromatic heterocycles. The third kappa shape index (κ3) is 2.65. The van der Waals surface area contributed by atoms with Crippen LogP contribution in [0.5, 0.6) is 5.88 Å². The van der Waals surface area contributed by atoms with E-state index in [1.54, 1.807) is 19.3 Å². The lowest BCUT2D eigenvalue weighted by molar-refractivity contribution is 0.0494. The van der Waals surface area contributed by atoms with Crippen molar-refractivity contribution < 1.29 is 9.84 Å². The van der Waals surface area contributed by atoms with Crippen LogP contribution >= 0.6 is 0 Å². The van der Waals surface area contributed by atoms with E-state index in [0.717, 1.165) is 5.56 Å². The number of aromatic nitrogens is 2. The second kappa shape index (κ2) is 5.14. The molecule has 0 saturated heterocycles. The van der Waals surface area contributed by atoms with Gasteiger partial charge in [0.1, 0.15) is 11.3 Å². The molecule has 0 aliphatic carbocycles. The van der Waals surface area contributed by atoms with Crippen molar-refractivity contribution >= 4 is 0 Å². The van der Waals surface area contributed by atoms with E-state index in [9.17, 15) is 5.11 Å². The summed E-state index contributed by atoms with van der Waals surface area (Å²) >= 11 is 0. The SMILES string of the molecule is COc1nccnc1C(C)(O)Cc1ccccc1. The van der Waals surface area contributed by atoms with E-state index in [0.29, 0.717) is 18.0 Å². The first-order valence-electron chi connectivity index (χ1n) is 5.75. The van der Waals surface area contributed by atoms with Crippen LogP contribution in [0.15, 0.2) is 42.7 Å². The molecule has 1 atom stereocenters. The molecule has 0 radical (unpaired) electrons. The number of nitrogens with zero attached hydrogens (tertiary/aromatic N) is 2. The van der Waals surface area contributed by atoms with Gasteiger partial charge in [0.2, 0.25) is 5.88 Å². The van der Waals surface area contributed by atoms with E-state index in [2.05, 4.69) is 9.97 Å². The molecule has 0 saturated carbocycles. The summed E-state index contributed by atoms with van der Waals surface area (Å²) in [6.07, 6.45) is 3.56. The maximum absolute atomic E-state index is 10.6. The summed E-state index contributed by atoms with van der Waals surface area (Å²) in [5.74, 6) is 0.360. The van der Waals surface area contributed by atoms with Crippen molar-refractivity contribution in [3.8, 4) is 5.88 Å². The van der Waals surface area contributed by atoms with Gasteiger partial charge in [-0.15, -0.1) is 0 Å². The Morgan fingerprint density at radius 2 is 1.83 bits per heavy atom. The summed E-state index contributed by atoms with van der Waals surface area (Å²) in [5.41, 5.74) is 0.382. The standard InChI is InChI=1S/C14H16N2O2/c1-14(17,10-11-6-4-3-5-7-11)12-13(18-2)16-9-8-15-12/h3-9,17H,10H2,1-2H3. The Morgan fingerprint density at radius 1 is 1.17 bits per heavy atom. The van der Waals surface area contributed by atoms with Crippen LogP contribution in [0.1, 0.15) is 18.2 Å². The van der Waals surface area contributed by atoms with Gasteiger partial charge in [-0.05, 0) is 12.5 Å². The second-order valence-electron chi connectivity index (χ2n) is 4.35. The first kappa shape index (κ1) is 12.5. The molecule has 4 heteroatoms. The summed E-state index contributed by atoms with van der Waals surface area (Å²) in [4.78, 5) is 8.24. The molecule has 4 nitrogen and oxygen atoms in total. The summed E-state index contributed by atoms with van der Waals surface area (Å²) in [7, 11) is 1.52. The Balaban J connectivity index is 2.30. The Labute approximate surface area is 106 Å². The molecular weight excluding hydrogens is 228 g/mol. The monoisotopic (exact) mass is 244 g/mol. The Hall–Kier alpha value is -1.94. The molecule has 0 spiro atoms. The lowest BCUT2D eigenvalue weighted by Crippen LogP contribution is -2.26. The van der Waals surface area contributed by atoms with Crippen LogP contribution in [0.25, 0.3) is 0 Å². The molecule has 0 aliphatic heterocycles. The number of rotatable bonds is 4. The molecule has 0 amide bonds. The number of benzene rings is 1. The normalized spacial score (nSPS) is 13.9. The van der Waals surface area contributed by atoms with Crippen LogP contribution in [-0.4, -0.2) is 22.2 Å². The number of methoxy groups -OCH3 is 1. The maximum Gasteiger partial charge on any atom is 0.238 e. The van der Waals surface area contributed by atoms with Gasteiger partial charge in [-0.1, -0.05) is 30.3 Å². The van der Waals surface area contributed by atoms with Gasteiger partial charge in [0, 0.05) is 18.8 Å². The van der Waals surface area contributed by atoms with E-state index in [-0.39, 0.29) is 0 Å². The van der Waals surface area contributed by atoms with Crippen molar-refractivity contribution in [2.45, 2.75) is 18.9 Å². The smallest absolute Gasteiger partial charge is 0.238 e. The van der Waals surface area contributed by atoms with Gasteiger partial charge in [-0.25, -0.2) is 4.98 Å². The highest BCUT2D eigenvalue weighted by atomic mass is 16.5. The molecular formula is C14H16N2O2. The van der Waals surface area contributed by atoms with Gasteiger partial charge in [-0.3, -0.25) is 4.98 Å². The van der Waals surface area contributed by atoms with Crippen molar-refractivity contribution in [1.82, 2.24) is 9.97 Å². The minimum Gasteiger partial charge on any atom is -0.480 e. The Morgan fingerprint density at radius 3 is 2.50 bits per heavy atom. The van der Waals surface area contributed by atoms with E-state index < -0.39 is 5.60 Å². The molecule has 94 valence electrons. The maximum atomic E-state index is 10.6. The number of ether oxygens (including phenoxy) is 1. The molecule has 18 heavy (non-hydrogen) atoms. The highest BCUT2D eigenvalue weighted by Gasteiger charge is 2.29. The van der Waals surface area contributed by atoms with Crippen molar-refractivity contribution in [2.24, 2.45) is 0 Å². The van der Waals surface area contributed by atoms with Gasteiger partial charge in [0.05, 0.1) is 7.11 Å². The van der Waals surface area contributed by atoms with Crippen LogP contribution in [0.2, 0.25) is 0 Å². The summed E-state index contributed by atoms with van der Waals surface area (Å²) in [5, 5.41) is 10.6. The molecule has 2 aromatic rings. The zero-order valence-corrected chi connectivity index (χ0v) is 10.5. The minimum atomic E-state index is -1.11. The number of hydrogen-bond acceptors (Lipinski definition) is 4. The largest absolute Gasteiger partial charge is 0.480 e. The highest BCUT2D eigenvalue weighted by molar-refractivity contribution is 5.27. The molecule has 1 N–H and O–H groups in total. The number of hydrogen-bond donors (Lipinski definition) is 1. The zero-order valence-electron chi connectivity index (χ0n) is 10.5. The molecule has 1 aromatic carbocycles.